The van der Waals surface area contributed by atoms with Gasteiger partial charge in [-0.05, 0) is 18.9 Å². The van der Waals surface area contributed by atoms with Gasteiger partial charge in [0.15, 0.2) is 0 Å². The van der Waals surface area contributed by atoms with Crippen molar-refractivity contribution in [3.05, 3.63) is 16.1 Å². The van der Waals surface area contributed by atoms with Gasteiger partial charge in [-0.25, -0.2) is 4.98 Å². The fraction of sp³-hybridized carbons (Fsp3) is 0.538. The maximum Gasteiger partial charge on any atom is 0.242 e. The summed E-state index contributed by atoms with van der Waals surface area (Å²) in [6.45, 7) is 6.46. The first-order chi connectivity index (χ1) is 9.35. The highest BCUT2D eigenvalue weighted by Crippen LogP contribution is 2.29. The van der Waals surface area contributed by atoms with Crippen molar-refractivity contribution in [2.24, 2.45) is 5.92 Å². The minimum absolute atomic E-state index is 0.0995. The minimum atomic E-state index is -0.440. The lowest BCUT2D eigenvalue weighted by Crippen LogP contribution is -2.39. The van der Waals surface area contributed by atoms with Crippen molar-refractivity contribution < 1.29 is 4.79 Å². The number of aromatic nitrogens is 1. The van der Waals surface area contributed by atoms with Crippen LogP contribution in [0.15, 0.2) is 6.07 Å². The summed E-state index contributed by atoms with van der Waals surface area (Å²) in [5.74, 6) is 1.23. The topological polar surface area (TPSA) is 66.0 Å². The molecular formula is C13H20Cl2N4O. The predicted octanol–water partition coefficient (Wildman–Crippen LogP) is 3.00. The quantitative estimate of drug-likeness (QED) is 0.754. The molecule has 0 fully saturated rings. The van der Waals surface area contributed by atoms with Crippen LogP contribution < -0.4 is 16.0 Å². The van der Waals surface area contributed by atoms with E-state index in [1.54, 1.807) is 20.0 Å². The van der Waals surface area contributed by atoms with Crippen LogP contribution in [0.3, 0.4) is 0 Å². The number of halogens is 2. The molecule has 0 saturated heterocycles. The van der Waals surface area contributed by atoms with Crippen LogP contribution >= 0.6 is 23.2 Å². The van der Waals surface area contributed by atoms with E-state index in [2.05, 4.69) is 20.9 Å². The van der Waals surface area contributed by atoms with Crippen molar-refractivity contribution in [3.63, 3.8) is 0 Å². The van der Waals surface area contributed by atoms with Crippen molar-refractivity contribution in [1.29, 1.82) is 0 Å². The third kappa shape index (κ3) is 4.72. The molecular weight excluding hydrogens is 299 g/mol. The molecule has 1 amide bonds. The van der Waals surface area contributed by atoms with Gasteiger partial charge in [0, 0.05) is 13.6 Å². The van der Waals surface area contributed by atoms with Crippen LogP contribution in [0.25, 0.3) is 0 Å². The van der Waals surface area contributed by atoms with Crippen molar-refractivity contribution in [3.8, 4) is 0 Å². The van der Waals surface area contributed by atoms with E-state index < -0.39 is 6.04 Å². The predicted molar refractivity (Wildman–Crippen MR) is 84.7 cm³/mol. The first-order valence-corrected chi connectivity index (χ1v) is 7.18. The van der Waals surface area contributed by atoms with Gasteiger partial charge in [-0.3, -0.25) is 4.79 Å². The van der Waals surface area contributed by atoms with E-state index in [0.717, 1.165) is 0 Å². The summed E-state index contributed by atoms with van der Waals surface area (Å²) in [6.07, 6.45) is 0. The van der Waals surface area contributed by atoms with E-state index >= 15 is 0 Å². The largest absolute Gasteiger partial charge is 0.372 e. The lowest BCUT2D eigenvalue weighted by atomic mass is 10.2. The molecule has 0 spiro atoms. The van der Waals surface area contributed by atoms with Gasteiger partial charge < -0.3 is 16.0 Å². The molecule has 0 aliphatic rings. The van der Waals surface area contributed by atoms with Gasteiger partial charge in [-0.2, -0.15) is 0 Å². The van der Waals surface area contributed by atoms with Crippen LogP contribution in [0.5, 0.6) is 0 Å². The van der Waals surface area contributed by atoms with Gasteiger partial charge in [0.1, 0.15) is 17.7 Å². The van der Waals surface area contributed by atoms with E-state index in [0.29, 0.717) is 34.1 Å². The number of nitrogens with zero attached hydrogens (tertiary/aromatic N) is 1. The van der Waals surface area contributed by atoms with Crippen LogP contribution in [0, 0.1) is 5.92 Å². The standard InChI is InChI=1S/C13H20Cl2N4O/c1-7(2)6-17-13(20)8(3)18-12-10(15)5-9(14)11(16-4)19-12/h5,7-8H,6H2,1-4H3,(H,17,20)(H2,16,18,19). The Labute approximate surface area is 129 Å². The highest BCUT2D eigenvalue weighted by atomic mass is 35.5. The fourth-order valence-electron chi connectivity index (χ4n) is 1.47. The van der Waals surface area contributed by atoms with Crippen molar-refractivity contribution in [1.82, 2.24) is 10.3 Å². The molecule has 0 aromatic carbocycles. The van der Waals surface area contributed by atoms with Crippen molar-refractivity contribution in [2.75, 3.05) is 24.2 Å². The van der Waals surface area contributed by atoms with Crippen LogP contribution in [-0.2, 0) is 4.79 Å². The summed E-state index contributed by atoms with van der Waals surface area (Å²) in [5.41, 5.74) is 0. The molecule has 1 heterocycles. The second kappa shape index (κ2) is 7.55. The van der Waals surface area contributed by atoms with Crippen LogP contribution in [-0.4, -0.2) is 30.5 Å². The highest BCUT2D eigenvalue weighted by Gasteiger charge is 2.16. The maximum absolute atomic E-state index is 11.9. The summed E-state index contributed by atoms with van der Waals surface area (Å²) in [4.78, 5) is 16.1. The second-order valence-corrected chi connectivity index (χ2v) is 5.72. The molecule has 1 aromatic heterocycles. The van der Waals surface area contributed by atoms with Gasteiger partial charge in [0.05, 0.1) is 10.0 Å². The Hall–Kier alpha value is -1.20. The number of hydrogen-bond acceptors (Lipinski definition) is 4. The van der Waals surface area contributed by atoms with E-state index in [1.807, 2.05) is 13.8 Å². The monoisotopic (exact) mass is 318 g/mol. The molecule has 1 atom stereocenters. The summed E-state index contributed by atoms with van der Waals surface area (Å²) in [7, 11) is 1.71. The number of hydrogen-bond donors (Lipinski definition) is 3. The molecule has 7 heteroatoms. The van der Waals surface area contributed by atoms with Gasteiger partial charge in [-0.1, -0.05) is 37.0 Å². The maximum atomic E-state index is 11.9. The number of pyridine rings is 1. The second-order valence-electron chi connectivity index (χ2n) is 4.90. The number of anilines is 2. The minimum Gasteiger partial charge on any atom is -0.372 e. The van der Waals surface area contributed by atoms with E-state index in [4.69, 9.17) is 23.2 Å². The van der Waals surface area contributed by atoms with E-state index in [-0.39, 0.29) is 5.91 Å². The lowest BCUT2D eigenvalue weighted by molar-refractivity contribution is -0.121. The molecule has 1 aromatic rings. The van der Waals surface area contributed by atoms with Crippen molar-refractivity contribution in [2.45, 2.75) is 26.8 Å². The summed E-state index contributed by atoms with van der Waals surface area (Å²) in [5, 5.41) is 9.50. The number of amides is 1. The molecule has 1 rings (SSSR count). The average molecular weight is 319 g/mol. The first-order valence-electron chi connectivity index (χ1n) is 6.43. The zero-order valence-corrected chi connectivity index (χ0v) is 13.6. The zero-order chi connectivity index (χ0) is 15.3. The molecule has 5 nitrogen and oxygen atoms in total. The Bertz CT molecular complexity index is 480. The van der Waals surface area contributed by atoms with Crippen LogP contribution in [0.4, 0.5) is 11.6 Å². The van der Waals surface area contributed by atoms with Gasteiger partial charge >= 0.3 is 0 Å². The molecule has 0 radical (unpaired) electrons. The SMILES string of the molecule is CNc1nc(NC(C)C(=O)NCC(C)C)c(Cl)cc1Cl. The van der Waals surface area contributed by atoms with Gasteiger partial charge in [0.2, 0.25) is 5.91 Å². The van der Waals surface area contributed by atoms with Gasteiger partial charge in [0.25, 0.3) is 0 Å². The van der Waals surface area contributed by atoms with Gasteiger partial charge in [-0.15, -0.1) is 0 Å². The normalized spacial score (nSPS) is 12.2. The Morgan fingerprint density at radius 2 is 1.85 bits per heavy atom. The number of rotatable bonds is 6. The molecule has 112 valence electrons. The number of carbonyl (C=O) groups is 1. The molecule has 3 N–H and O–H groups in total. The smallest absolute Gasteiger partial charge is 0.242 e. The Balaban J connectivity index is 2.75. The average Bonchev–Trinajstić information content (AvgIpc) is 2.38. The lowest BCUT2D eigenvalue weighted by Gasteiger charge is -2.17. The molecule has 0 aliphatic heterocycles. The first kappa shape index (κ1) is 16.9. The molecule has 0 saturated carbocycles. The zero-order valence-electron chi connectivity index (χ0n) is 12.1. The Morgan fingerprint density at radius 1 is 1.25 bits per heavy atom. The summed E-state index contributed by atoms with van der Waals surface area (Å²) < 4.78 is 0. The number of nitrogens with one attached hydrogen (secondary N) is 3. The fourth-order valence-corrected chi connectivity index (χ4v) is 1.98. The number of carbonyl (C=O) groups excluding carboxylic acids is 1. The van der Waals surface area contributed by atoms with Crippen LogP contribution in [0.2, 0.25) is 10.0 Å². The summed E-state index contributed by atoms with van der Waals surface area (Å²) >= 11 is 12.0. The Kier molecular flexibility index (Phi) is 6.36. The van der Waals surface area contributed by atoms with Crippen molar-refractivity contribution >= 4 is 40.7 Å². The highest BCUT2D eigenvalue weighted by molar-refractivity contribution is 6.37. The third-order valence-electron chi connectivity index (χ3n) is 2.60. The van der Waals surface area contributed by atoms with Crippen LogP contribution in [0.1, 0.15) is 20.8 Å². The Morgan fingerprint density at radius 3 is 2.40 bits per heavy atom. The van der Waals surface area contributed by atoms with E-state index in [1.165, 1.54) is 0 Å². The third-order valence-corrected chi connectivity index (χ3v) is 3.17. The molecule has 1 unspecified atom stereocenters. The van der Waals surface area contributed by atoms with E-state index in [9.17, 15) is 4.79 Å². The molecule has 20 heavy (non-hydrogen) atoms. The molecule has 0 aliphatic carbocycles. The summed E-state index contributed by atoms with van der Waals surface area (Å²) in [6, 6.07) is 1.15. The molecule has 0 bridgehead atoms.